The van der Waals surface area contributed by atoms with Gasteiger partial charge in [0.15, 0.2) is 11.6 Å². The van der Waals surface area contributed by atoms with Gasteiger partial charge in [0.1, 0.15) is 0 Å². The van der Waals surface area contributed by atoms with E-state index in [0.717, 1.165) is 42.3 Å². The molecule has 0 saturated carbocycles. The zero-order chi connectivity index (χ0) is 19.8. The molecule has 3 aromatic rings. The van der Waals surface area contributed by atoms with E-state index in [-0.39, 0.29) is 11.9 Å². The fourth-order valence-electron chi connectivity index (χ4n) is 3.68. The summed E-state index contributed by atoms with van der Waals surface area (Å²) in [4.78, 5) is 14.6. The van der Waals surface area contributed by atoms with Crippen LogP contribution in [0.4, 0.5) is 8.78 Å². The summed E-state index contributed by atoms with van der Waals surface area (Å²) in [7, 11) is 0. The van der Waals surface area contributed by atoms with Gasteiger partial charge in [0.05, 0.1) is 16.8 Å². The summed E-state index contributed by atoms with van der Waals surface area (Å²) in [6, 6.07) is 5.58. The lowest BCUT2D eigenvalue weighted by molar-refractivity contribution is 0.0944. The number of halogens is 2. The number of thiophene rings is 1. The SMILES string of the molecule is Cc1cnn2c1-c1cc(C(=O)NC(C)Cc3ccc(F)c(F)c3)sc1CCC2. The van der Waals surface area contributed by atoms with Crippen molar-refractivity contribution in [2.24, 2.45) is 0 Å². The molecule has 1 aliphatic heterocycles. The topological polar surface area (TPSA) is 46.9 Å². The van der Waals surface area contributed by atoms with Crippen molar-refractivity contribution in [3.8, 4) is 11.3 Å². The summed E-state index contributed by atoms with van der Waals surface area (Å²) in [5.41, 5.74) is 3.95. The third kappa shape index (κ3) is 3.58. The maximum Gasteiger partial charge on any atom is 0.261 e. The van der Waals surface area contributed by atoms with E-state index in [0.29, 0.717) is 16.9 Å². The van der Waals surface area contributed by atoms with Gasteiger partial charge in [0, 0.05) is 23.0 Å². The minimum Gasteiger partial charge on any atom is -0.349 e. The number of benzene rings is 1. The van der Waals surface area contributed by atoms with Crippen LogP contribution in [0.25, 0.3) is 11.3 Å². The highest BCUT2D eigenvalue weighted by Gasteiger charge is 2.23. The Balaban J connectivity index is 1.51. The minimum absolute atomic E-state index is 0.142. The Labute approximate surface area is 166 Å². The average molecular weight is 401 g/mol. The van der Waals surface area contributed by atoms with Crippen LogP contribution in [0.15, 0.2) is 30.5 Å². The smallest absolute Gasteiger partial charge is 0.261 e. The predicted octanol–water partition coefficient (Wildman–Crippen LogP) is 4.51. The van der Waals surface area contributed by atoms with Crippen LogP contribution in [0.5, 0.6) is 0 Å². The van der Waals surface area contributed by atoms with Crippen molar-refractivity contribution in [2.45, 2.75) is 45.7 Å². The molecule has 1 unspecified atom stereocenters. The van der Waals surface area contributed by atoms with E-state index in [1.54, 1.807) is 6.07 Å². The molecule has 0 bridgehead atoms. The van der Waals surface area contributed by atoms with Crippen molar-refractivity contribution in [2.75, 3.05) is 0 Å². The van der Waals surface area contributed by atoms with Gasteiger partial charge in [-0.25, -0.2) is 8.78 Å². The van der Waals surface area contributed by atoms with Gasteiger partial charge in [-0.05, 0) is 62.4 Å². The molecule has 0 saturated heterocycles. The number of hydrogen-bond acceptors (Lipinski definition) is 3. The Morgan fingerprint density at radius 3 is 2.93 bits per heavy atom. The molecule has 1 atom stereocenters. The molecule has 0 fully saturated rings. The lowest BCUT2D eigenvalue weighted by atomic mass is 10.1. The van der Waals surface area contributed by atoms with Crippen molar-refractivity contribution in [1.82, 2.24) is 15.1 Å². The third-order valence-electron chi connectivity index (χ3n) is 4.99. The Morgan fingerprint density at radius 1 is 1.32 bits per heavy atom. The van der Waals surface area contributed by atoms with Crippen molar-refractivity contribution < 1.29 is 13.6 Å². The van der Waals surface area contributed by atoms with Crippen LogP contribution in [0, 0.1) is 18.6 Å². The van der Waals surface area contributed by atoms with Gasteiger partial charge in [0.25, 0.3) is 5.91 Å². The number of aromatic nitrogens is 2. The van der Waals surface area contributed by atoms with Crippen LogP contribution < -0.4 is 5.32 Å². The maximum atomic E-state index is 13.4. The lowest BCUT2D eigenvalue weighted by Gasteiger charge is -2.13. The second-order valence-corrected chi connectivity index (χ2v) is 8.41. The third-order valence-corrected chi connectivity index (χ3v) is 6.18. The summed E-state index contributed by atoms with van der Waals surface area (Å²) >= 11 is 1.52. The van der Waals surface area contributed by atoms with Crippen LogP contribution in [0.1, 0.15) is 39.0 Å². The van der Waals surface area contributed by atoms with Gasteiger partial charge < -0.3 is 5.32 Å². The van der Waals surface area contributed by atoms with E-state index < -0.39 is 11.6 Å². The van der Waals surface area contributed by atoms with Crippen molar-refractivity contribution in [1.29, 1.82) is 0 Å². The number of nitrogens with zero attached hydrogens (tertiary/aromatic N) is 2. The molecule has 3 heterocycles. The quantitative estimate of drug-likeness (QED) is 0.699. The molecule has 1 aliphatic rings. The molecule has 2 aromatic heterocycles. The molecule has 0 aliphatic carbocycles. The second-order valence-electron chi connectivity index (χ2n) is 7.28. The zero-order valence-corrected chi connectivity index (χ0v) is 16.6. The van der Waals surface area contributed by atoms with Crippen molar-refractivity contribution >= 4 is 17.2 Å². The average Bonchev–Trinajstić information content (AvgIpc) is 3.17. The molecule has 0 radical (unpaired) electrons. The van der Waals surface area contributed by atoms with E-state index in [4.69, 9.17) is 0 Å². The molecule has 7 heteroatoms. The highest BCUT2D eigenvalue weighted by molar-refractivity contribution is 7.14. The Hall–Kier alpha value is -2.54. The number of carbonyl (C=O) groups is 1. The molecular weight excluding hydrogens is 380 g/mol. The summed E-state index contributed by atoms with van der Waals surface area (Å²) in [6.45, 7) is 4.78. The van der Waals surface area contributed by atoms with Crippen LogP contribution >= 0.6 is 11.3 Å². The van der Waals surface area contributed by atoms with Gasteiger partial charge in [-0.2, -0.15) is 5.10 Å². The van der Waals surface area contributed by atoms with Gasteiger partial charge >= 0.3 is 0 Å². The number of nitrogens with one attached hydrogen (secondary N) is 1. The summed E-state index contributed by atoms with van der Waals surface area (Å²) in [5.74, 6) is -1.88. The van der Waals surface area contributed by atoms with Crippen LogP contribution in [-0.2, 0) is 19.4 Å². The van der Waals surface area contributed by atoms with E-state index in [9.17, 15) is 13.6 Å². The van der Waals surface area contributed by atoms with Crippen molar-refractivity contribution in [3.05, 3.63) is 63.0 Å². The van der Waals surface area contributed by atoms with Gasteiger partial charge in [-0.1, -0.05) is 6.07 Å². The fraction of sp³-hybridized carbons (Fsp3) is 0.333. The number of amides is 1. The standard InChI is InChI=1S/C21H21F2N3OS/c1-12-11-24-26-7-3-4-18-15(20(12)26)10-19(28-18)21(27)25-13(2)8-14-5-6-16(22)17(23)9-14/h5-6,9-11,13H,3-4,7-8H2,1-2H3,(H,25,27). The zero-order valence-electron chi connectivity index (χ0n) is 15.8. The molecule has 4 rings (SSSR count). The van der Waals surface area contributed by atoms with E-state index in [2.05, 4.69) is 10.4 Å². The van der Waals surface area contributed by atoms with E-state index in [1.165, 1.54) is 22.3 Å². The predicted molar refractivity (Wildman–Crippen MR) is 106 cm³/mol. The first-order valence-corrected chi connectivity index (χ1v) is 10.1. The number of hydrogen-bond donors (Lipinski definition) is 1. The number of rotatable bonds is 4. The highest BCUT2D eigenvalue weighted by atomic mass is 32.1. The maximum absolute atomic E-state index is 13.4. The monoisotopic (exact) mass is 401 g/mol. The molecule has 4 nitrogen and oxygen atoms in total. The number of fused-ring (bicyclic) bond motifs is 3. The minimum atomic E-state index is -0.870. The van der Waals surface area contributed by atoms with Crippen LogP contribution in [-0.4, -0.2) is 21.7 Å². The lowest BCUT2D eigenvalue weighted by Crippen LogP contribution is -2.33. The van der Waals surface area contributed by atoms with Crippen molar-refractivity contribution in [3.63, 3.8) is 0 Å². The largest absolute Gasteiger partial charge is 0.349 e. The van der Waals surface area contributed by atoms with E-state index >= 15 is 0 Å². The first kappa shape index (κ1) is 18.8. The van der Waals surface area contributed by atoms with Gasteiger partial charge in [-0.3, -0.25) is 9.48 Å². The molecule has 28 heavy (non-hydrogen) atoms. The summed E-state index contributed by atoms with van der Waals surface area (Å²) in [5, 5.41) is 7.41. The molecule has 0 spiro atoms. The van der Waals surface area contributed by atoms with E-state index in [1.807, 2.05) is 30.8 Å². The molecule has 1 aromatic carbocycles. The highest BCUT2D eigenvalue weighted by Crippen LogP contribution is 2.36. The number of carbonyl (C=O) groups excluding carboxylic acids is 1. The first-order valence-electron chi connectivity index (χ1n) is 9.32. The molecule has 1 amide bonds. The Bertz CT molecular complexity index is 1040. The summed E-state index contributed by atoms with van der Waals surface area (Å²) < 4.78 is 28.5. The summed E-state index contributed by atoms with van der Waals surface area (Å²) in [6.07, 6.45) is 4.22. The Kier molecular flexibility index (Phi) is 5.02. The van der Waals surface area contributed by atoms with Crippen LogP contribution in [0.3, 0.4) is 0 Å². The number of aryl methyl sites for hydroxylation is 3. The van der Waals surface area contributed by atoms with Gasteiger partial charge in [-0.15, -0.1) is 11.3 Å². The Morgan fingerprint density at radius 2 is 2.14 bits per heavy atom. The fourth-order valence-corrected chi connectivity index (χ4v) is 4.79. The molecular formula is C21H21F2N3OS. The molecule has 1 N–H and O–H groups in total. The second kappa shape index (κ2) is 7.47. The normalized spacial score (nSPS) is 14.1. The molecule has 146 valence electrons. The first-order chi connectivity index (χ1) is 13.4. The van der Waals surface area contributed by atoms with Gasteiger partial charge in [0.2, 0.25) is 0 Å². The van der Waals surface area contributed by atoms with Crippen LogP contribution in [0.2, 0.25) is 0 Å².